The molecule has 0 spiro atoms. The highest BCUT2D eigenvalue weighted by Gasteiger charge is 2.27. The average molecular weight is 275 g/mol. The zero-order valence-electron chi connectivity index (χ0n) is 13.0. The summed E-state index contributed by atoms with van der Waals surface area (Å²) in [4.78, 5) is 0. The fourth-order valence-corrected chi connectivity index (χ4v) is 3.13. The van der Waals surface area contributed by atoms with Crippen LogP contribution in [0.3, 0.4) is 0 Å². The summed E-state index contributed by atoms with van der Waals surface area (Å²) in [5.41, 5.74) is 1.43. The van der Waals surface area contributed by atoms with Crippen molar-refractivity contribution in [1.82, 2.24) is 5.32 Å². The Morgan fingerprint density at radius 1 is 1.30 bits per heavy atom. The number of benzene rings is 1. The highest BCUT2D eigenvalue weighted by Crippen LogP contribution is 2.29. The number of hydrogen-bond donors (Lipinski definition) is 1. The Labute approximate surface area is 123 Å². The molecule has 112 valence electrons. The molecule has 20 heavy (non-hydrogen) atoms. The third-order valence-corrected chi connectivity index (χ3v) is 4.36. The molecule has 1 aromatic rings. The van der Waals surface area contributed by atoms with Crippen LogP contribution in [0.2, 0.25) is 0 Å². The zero-order chi connectivity index (χ0) is 14.2. The molecule has 0 bridgehead atoms. The lowest BCUT2D eigenvalue weighted by molar-refractivity contribution is -0.0330. The third kappa shape index (κ3) is 4.60. The minimum atomic E-state index is 0.420. The quantitative estimate of drug-likeness (QED) is 0.760. The van der Waals surface area contributed by atoms with Crippen LogP contribution in [0.5, 0.6) is 0 Å². The summed E-state index contributed by atoms with van der Waals surface area (Å²) in [7, 11) is 0. The van der Waals surface area contributed by atoms with Gasteiger partial charge in [0, 0.05) is 13.2 Å². The predicted molar refractivity (Wildman–Crippen MR) is 85.1 cm³/mol. The summed E-state index contributed by atoms with van der Waals surface area (Å²) in [5.74, 6) is 1.26. The molecule has 0 saturated carbocycles. The molecular formula is C18H29NO. The maximum absolute atomic E-state index is 6.07. The van der Waals surface area contributed by atoms with Gasteiger partial charge in [-0.2, -0.15) is 0 Å². The fraction of sp³-hybridized carbons (Fsp3) is 0.667. The molecule has 1 saturated heterocycles. The van der Waals surface area contributed by atoms with Crippen LogP contribution in [0.4, 0.5) is 0 Å². The lowest BCUT2D eigenvalue weighted by Crippen LogP contribution is -2.37. The molecule has 2 heteroatoms. The third-order valence-electron chi connectivity index (χ3n) is 4.36. The second-order valence-corrected chi connectivity index (χ2v) is 6.06. The van der Waals surface area contributed by atoms with Crippen molar-refractivity contribution in [3.05, 3.63) is 35.9 Å². The molecule has 0 aromatic heterocycles. The molecule has 1 aromatic carbocycles. The van der Waals surface area contributed by atoms with Crippen molar-refractivity contribution in [3.8, 4) is 0 Å². The summed E-state index contributed by atoms with van der Waals surface area (Å²) in [6, 6.07) is 10.8. The standard InChI is InChI=1S/C18H29NO/c1-3-11-19-14-17-10-7-12-20-18(17)13-15(2)16-8-5-4-6-9-16/h4-6,8-9,15,17-19H,3,7,10-14H2,1-2H3. The van der Waals surface area contributed by atoms with E-state index in [4.69, 9.17) is 4.74 Å². The van der Waals surface area contributed by atoms with E-state index in [0.717, 1.165) is 26.1 Å². The van der Waals surface area contributed by atoms with Gasteiger partial charge in [-0.05, 0) is 49.6 Å². The summed E-state index contributed by atoms with van der Waals surface area (Å²) < 4.78 is 6.07. The number of ether oxygens (including phenoxy) is 1. The number of hydrogen-bond acceptors (Lipinski definition) is 2. The summed E-state index contributed by atoms with van der Waals surface area (Å²) in [5, 5.41) is 3.57. The molecule has 1 heterocycles. The normalized spacial score (nSPS) is 24.5. The van der Waals surface area contributed by atoms with Crippen molar-refractivity contribution in [1.29, 1.82) is 0 Å². The molecule has 1 aliphatic rings. The van der Waals surface area contributed by atoms with Crippen LogP contribution in [-0.2, 0) is 4.74 Å². The largest absolute Gasteiger partial charge is 0.378 e. The first-order valence-corrected chi connectivity index (χ1v) is 8.18. The van der Waals surface area contributed by atoms with Gasteiger partial charge in [-0.3, -0.25) is 0 Å². The molecule has 1 N–H and O–H groups in total. The minimum absolute atomic E-state index is 0.420. The number of rotatable bonds is 7. The Morgan fingerprint density at radius 2 is 2.10 bits per heavy atom. The van der Waals surface area contributed by atoms with Gasteiger partial charge in [-0.25, -0.2) is 0 Å². The molecule has 2 nitrogen and oxygen atoms in total. The van der Waals surface area contributed by atoms with Crippen molar-refractivity contribution in [2.45, 2.75) is 51.6 Å². The Morgan fingerprint density at radius 3 is 2.85 bits per heavy atom. The van der Waals surface area contributed by atoms with E-state index >= 15 is 0 Å². The smallest absolute Gasteiger partial charge is 0.0621 e. The molecule has 0 aliphatic carbocycles. The van der Waals surface area contributed by atoms with Gasteiger partial charge in [0.05, 0.1) is 6.10 Å². The van der Waals surface area contributed by atoms with E-state index in [1.165, 1.54) is 24.8 Å². The van der Waals surface area contributed by atoms with Crippen LogP contribution in [0, 0.1) is 5.92 Å². The first-order chi connectivity index (χ1) is 9.81. The van der Waals surface area contributed by atoms with E-state index in [-0.39, 0.29) is 0 Å². The lowest BCUT2D eigenvalue weighted by Gasteiger charge is -2.33. The second kappa shape index (κ2) is 8.43. The average Bonchev–Trinajstić information content (AvgIpc) is 2.50. The van der Waals surface area contributed by atoms with Crippen LogP contribution < -0.4 is 5.32 Å². The maximum atomic E-state index is 6.07. The van der Waals surface area contributed by atoms with Gasteiger partial charge in [-0.15, -0.1) is 0 Å². The highest BCUT2D eigenvalue weighted by molar-refractivity contribution is 5.18. The molecule has 1 fully saturated rings. The maximum Gasteiger partial charge on any atom is 0.0621 e. The summed E-state index contributed by atoms with van der Waals surface area (Å²) in [6.07, 6.45) is 5.29. The molecule has 0 radical (unpaired) electrons. The van der Waals surface area contributed by atoms with Gasteiger partial charge in [0.15, 0.2) is 0 Å². The van der Waals surface area contributed by atoms with Crippen molar-refractivity contribution in [2.75, 3.05) is 19.7 Å². The molecular weight excluding hydrogens is 246 g/mol. The Balaban J connectivity index is 1.87. The van der Waals surface area contributed by atoms with Crippen molar-refractivity contribution >= 4 is 0 Å². The minimum Gasteiger partial charge on any atom is -0.378 e. The van der Waals surface area contributed by atoms with Crippen molar-refractivity contribution in [2.24, 2.45) is 5.92 Å². The van der Waals surface area contributed by atoms with E-state index in [0.29, 0.717) is 17.9 Å². The topological polar surface area (TPSA) is 21.3 Å². The van der Waals surface area contributed by atoms with Gasteiger partial charge in [0.1, 0.15) is 0 Å². The van der Waals surface area contributed by atoms with Gasteiger partial charge < -0.3 is 10.1 Å². The molecule has 3 unspecified atom stereocenters. The van der Waals surface area contributed by atoms with E-state index in [1.54, 1.807) is 0 Å². The van der Waals surface area contributed by atoms with Gasteiger partial charge >= 0.3 is 0 Å². The van der Waals surface area contributed by atoms with Crippen LogP contribution >= 0.6 is 0 Å². The zero-order valence-corrected chi connectivity index (χ0v) is 13.0. The molecule has 1 aliphatic heterocycles. The number of nitrogens with one attached hydrogen (secondary N) is 1. The van der Waals surface area contributed by atoms with E-state index in [9.17, 15) is 0 Å². The molecule has 0 amide bonds. The van der Waals surface area contributed by atoms with Crippen molar-refractivity contribution < 1.29 is 4.74 Å². The van der Waals surface area contributed by atoms with Crippen LogP contribution in [0.25, 0.3) is 0 Å². The van der Waals surface area contributed by atoms with Crippen LogP contribution in [0.15, 0.2) is 30.3 Å². The predicted octanol–water partition coefficient (Wildman–Crippen LogP) is 3.98. The fourth-order valence-electron chi connectivity index (χ4n) is 3.13. The highest BCUT2D eigenvalue weighted by atomic mass is 16.5. The van der Waals surface area contributed by atoms with Gasteiger partial charge in [-0.1, -0.05) is 44.2 Å². The molecule has 2 rings (SSSR count). The van der Waals surface area contributed by atoms with Crippen LogP contribution in [0.1, 0.15) is 51.0 Å². The first kappa shape index (κ1) is 15.5. The van der Waals surface area contributed by atoms with E-state index in [1.807, 2.05) is 0 Å². The molecule has 3 atom stereocenters. The summed E-state index contributed by atoms with van der Waals surface area (Å²) >= 11 is 0. The summed E-state index contributed by atoms with van der Waals surface area (Å²) in [6.45, 7) is 7.72. The van der Waals surface area contributed by atoms with Gasteiger partial charge in [0.25, 0.3) is 0 Å². The Bertz CT molecular complexity index is 365. The Hall–Kier alpha value is -0.860. The second-order valence-electron chi connectivity index (χ2n) is 6.06. The van der Waals surface area contributed by atoms with Crippen LogP contribution in [-0.4, -0.2) is 25.8 Å². The SMILES string of the molecule is CCCNCC1CCCOC1CC(C)c1ccccc1. The van der Waals surface area contributed by atoms with E-state index < -0.39 is 0 Å². The Kier molecular flexibility index (Phi) is 6.55. The van der Waals surface area contributed by atoms with Gasteiger partial charge in [0.2, 0.25) is 0 Å². The van der Waals surface area contributed by atoms with Crippen molar-refractivity contribution in [3.63, 3.8) is 0 Å². The first-order valence-electron chi connectivity index (χ1n) is 8.18. The lowest BCUT2D eigenvalue weighted by atomic mass is 9.86. The monoisotopic (exact) mass is 275 g/mol. The van der Waals surface area contributed by atoms with E-state index in [2.05, 4.69) is 49.5 Å².